The van der Waals surface area contributed by atoms with Crippen molar-refractivity contribution in [2.45, 2.75) is 33.9 Å². The van der Waals surface area contributed by atoms with Gasteiger partial charge in [-0.05, 0) is 11.8 Å². The maximum Gasteiger partial charge on any atom is 0.166 e. The van der Waals surface area contributed by atoms with Gasteiger partial charge >= 0.3 is 0 Å². The van der Waals surface area contributed by atoms with E-state index in [4.69, 9.17) is 10.5 Å². The van der Waals surface area contributed by atoms with Gasteiger partial charge in [-0.3, -0.25) is 0 Å². The highest BCUT2D eigenvalue weighted by atomic mass is 16.5. The predicted octanol–water partition coefficient (Wildman–Crippen LogP) is 1.27. The molecule has 0 saturated heterocycles. The molecule has 0 aliphatic heterocycles. The summed E-state index contributed by atoms with van der Waals surface area (Å²) in [5.41, 5.74) is 5.71. The minimum atomic E-state index is 0.307. The summed E-state index contributed by atoms with van der Waals surface area (Å²) in [6, 6.07) is 0. The summed E-state index contributed by atoms with van der Waals surface area (Å²) in [6.07, 6.45) is 2.67. The molecule has 0 atom stereocenters. The Morgan fingerprint density at radius 2 is 2.21 bits per heavy atom. The van der Waals surface area contributed by atoms with E-state index in [1.807, 2.05) is 0 Å². The first-order chi connectivity index (χ1) is 6.47. The average Bonchev–Trinajstić information content (AvgIpc) is 2.44. The summed E-state index contributed by atoms with van der Waals surface area (Å²) in [5, 5.41) is 7.42. The number of hydrogen-bond donors (Lipinski definition) is 1. The molecule has 1 aromatic rings. The van der Waals surface area contributed by atoms with Gasteiger partial charge in [0.05, 0.1) is 6.20 Å². The Morgan fingerprint density at radius 1 is 1.50 bits per heavy atom. The Morgan fingerprint density at radius 3 is 2.71 bits per heavy atom. The number of ether oxygens (including phenoxy) is 1. The van der Waals surface area contributed by atoms with Crippen molar-refractivity contribution in [3.8, 4) is 0 Å². The molecule has 5 heteroatoms. The number of nitrogen functional groups attached to an aromatic ring is 1. The Balaban J connectivity index is 2.16. The molecule has 0 saturated carbocycles. The first-order valence-electron chi connectivity index (χ1n) is 4.71. The van der Waals surface area contributed by atoms with Crippen molar-refractivity contribution in [2.24, 2.45) is 5.41 Å². The smallest absolute Gasteiger partial charge is 0.166 e. The highest BCUT2D eigenvalue weighted by molar-refractivity contribution is 5.19. The quantitative estimate of drug-likeness (QED) is 0.740. The predicted molar refractivity (Wildman–Crippen MR) is 54.5 cm³/mol. The third-order valence-electron chi connectivity index (χ3n) is 1.78. The van der Waals surface area contributed by atoms with Crippen LogP contribution in [-0.4, -0.2) is 21.6 Å². The third kappa shape index (κ3) is 4.23. The van der Waals surface area contributed by atoms with Crippen LogP contribution in [0.2, 0.25) is 0 Å². The van der Waals surface area contributed by atoms with Crippen LogP contribution >= 0.6 is 0 Å². The Hall–Kier alpha value is -1.10. The van der Waals surface area contributed by atoms with E-state index in [0.29, 0.717) is 18.0 Å². The van der Waals surface area contributed by atoms with Crippen LogP contribution in [0.3, 0.4) is 0 Å². The van der Waals surface area contributed by atoms with E-state index in [1.165, 1.54) is 0 Å². The van der Waals surface area contributed by atoms with Crippen LogP contribution in [-0.2, 0) is 11.5 Å². The molecular formula is C9H18N4O. The highest BCUT2D eigenvalue weighted by Crippen LogP contribution is 2.17. The zero-order valence-corrected chi connectivity index (χ0v) is 9.03. The fraction of sp³-hybridized carbons (Fsp3) is 0.778. The lowest BCUT2D eigenvalue weighted by Crippen LogP contribution is -2.11. The molecule has 1 rings (SSSR count). The lowest BCUT2D eigenvalue weighted by molar-refractivity contribution is 0.0507. The molecule has 0 aliphatic rings. The highest BCUT2D eigenvalue weighted by Gasteiger charge is 2.09. The number of nitrogens with two attached hydrogens (primary N) is 1. The standard InChI is InChI=1S/C9H18N4O/c1-9(2,3)4-5-14-7-13-6-8(10)11-12-13/h6H,4-5,7,10H2,1-3H3. The van der Waals surface area contributed by atoms with Gasteiger partial charge in [0.2, 0.25) is 0 Å². The second kappa shape index (κ2) is 4.41. The van der Waals surface area contributed by atoms with Crippen molar-refractivity contribution in [1.82, 2.24) is 15.0 Å². The number of nitrogens with zero attached hydrogens (tertiary/aromatic N) is 3. The maximum atomic E-state index is 5.41. The van der Waals surface area contributed by atoms with Gasteiger partial charge in [0.15, 0.2) is 5.82 Å². The van der Waals surface area contributed by atoms with Crippen LogP contribution in [0.4, 0.5) is 5.82 Å². The molecular weight excluding hydrogens is 180 g/mol. The molecule has 0 fully saturated rings. The molecule has 1 heterocycles. The lowest BCUT2D eigenvalue weighted by atomic mass is 9.93. The average molecular weight is 198 g/mol. The van der Waals surface area contributed by atoms with Crippen LogP contribution in [0.15, 0.2) is 6.20 Å². The minimum Gasteiger partial charge on any atom is -0.381 e. The monoisotopic (exact) mass is 198 g/mol. The van der Waals surface area contributed by atoms with Crippen molar-refractivity contribution >= 4 is 5.82 Å². The van der Waals surface area contributed by atoms with E-state index in [0.717, 1.165) is 13.0 Å². The van der Waals surface area contributed by atoms with Gasteiger partial charge in [-0.2, -0.15) is 0 Å². The molecule has 14 heavy (non-hydrogen) atoms. The van der Waals surface area contributed by atoms with Gasteiger partial charge in [-0.1, -0.05) is 26.0 Å². The van der Waals surface area contributed by atoms with Crippen molar-refractivity contribution in [1.29, 1.82) is 0 Å². The third-order valence-corrected chi connectivity index (χ3v) is 1.78. The Bertz CT molecular complexity index is 277. The van der Waals surface area contributed by atoms with E-state index in [9.17, 15) is 0 Å². The number of hydrogen-bond acceptors (Lipinski definition) is 4. The zero-order valence-electron chi connectivity index (χ0n) is 9.03. The van der Waals surface area contributed by atoms with Gasteiger partial charge in [-0.25, -0.2) is 4.68 Å². The fourth-order valence-corrected chi connectivity index (χ4v) is 0.913. The number of aromatic nitrogens is 3. The molecule has 80 valence electrons. The summed E-state index contributed by atoms with van der Waals surface area (Å²) in [6.45, 7) is 7.70. The van der Waals surface area contributed by atoms with Crippen molar-refractivity contribution in [2.75, 3.05) is 12.3 Å². The molecule has 0 amide bonds. The summed E-state index contributed by atoms with van der Waals surface area (Å²) >= 11 is 0. The Labute approximate surface area is 84.2 Å². The molecule has 0 radical (unpaired) electrons. The normalized spacial score (nSPS) is 11.9. The zero-order chi connectivity index (χ0) is 10.6. The molecule has 0 aromatic carbocycles. The maximum absolute atomic E-state index is 5.41. The molecule has 0 aliphatic carbocycles. The van der Waals surface area contributed by atoms with Crippen LogP contribution < -0.4 is 5.73 Å². The van der Waals surface area contributed by atoms with E-state index in [-0.39, 0.29) is 0 Å². The van der Waals surface area contributed by atoms with Crippen LogP contribution in [0.5, 0.6) is 0 Å². The first-order valence-corrected chi connectivity index (χ1v) is 4.71. The molecule has 0 bridgehead atoms. The molecule has 5 nitrogen and oxygen atoms in total. The molecule has 1 aromatic heterocycles. The summed E-state index contributed by atoms with van der Waals surface area (Å²) in [5.74, 6) is 0.421. The topological polar surface area (TPSA) is 66.0 Å². The number of anilines is 1. The molecule has 0 spiro atoms. The Kier molecular flexibility index (Phi) is 3.46. The minimum absolute atomic E-state index is 0.307. The van der Waals surface area contributed by atoms with Gasteiger partial charge in [-0.15, -0.1) is 5.10 Å². The van der Waals surface area contributed by atoms with E-state index in [1.54, 1.807) is 10.9 Å². The first kappa shape index (κ1) is 11.0. The summed E-state index contributed by atoms with van der Waals surface area (Å²) in [7, 11) is 0. The van der Waals surface area contributed by atoms with Crippen LogP contribution in [0, 0.1) is 5.41 Å². The van der Waals surface area contributed by atoms with Crippen molar-refractivity contribution in [3.05, 3.63) is 6.20 Å². The summed E-state index contributed by atoms with van der Waals surface area (Å²) < 4.78 is 7.00. The van der Waals surface area contributed by atoms with Gasteiger partial charge in [0.25, 0.3) is 0 Å². The van der Waals surface area contributed by atoms with Crippen LogP contribution in [0.25, 0.3) is 0 Å². The van der Waals surface area contributed by atoms with E-state index < -0.39 is 0 Å². The molecule has 2 N–H and O–H groups in total. The lowest BCUT2D eigenvalue weighted by Gasteiger charge is -2.17. The van der Waals surface area contributed by atoms with Gasteiger partial charge < -0.3 is 10.5 Å². The van der Waals surface area contributed by atoms with Crippen LogP contribution in [0.1, 0.15) is 27.2 Å². The van der Waals surface area contributed by atoms with Crippen molar-refractivity contribution in [3.63, 3.8) is 0 Å². The van der Waals surface area contributed by atoms with E-state index >= 15 is 0 Å². The fourth-order valence-electron chi connectivity index (χ4n) is 0.913. The number of rotatable bonds is 4. The second-order valence-electron chi connectivity index (χ2n) is 4.53. The van der Waals surface area contributed by atoms with Crippen molar-refractivity contribution < 1.29 is 4.74 Å². The SMILES string of the molecule is CC(C)(C)CCOCn1cc(N)nn1. The second-order valence-corrected chi connectivity index (χ2v) is 4.53. The van der Waals surface area contributed by atoms with Gasteiger partial charge in [0.1, 0.15) is 6.73 Å². The van der Waals surface area contributed by atoms with Gasteiger partial charge in [0, 0.05) is 6.61 Å². The summed E-state index contributed by atoms with van der Waals surface area (Å²) in [4.78, 5) is 0. The van der Waals surface area contributed by atoms with E-state index in [2.05, 4.69) is 31.1 Å². The largest absolute Gasteiger partial charge is 0.381 e. The molecule has 0 unspecified atom stereocenters.